The van der Waals surface area contributed by atoms with Gasteiger partial charge in [-0.05, 0) is 67.8 Å². The fraction of sp³-hybridized carbons (Fsp3) is 0.417. The van der Waals surface area contributed by atoms with Crippen LogP contribution in [-0.4, -0.2) is 54.9 Å². The summed E-state index contributed by atoms with van der Waals surface area (Å²) in [5, 5.41) is 0.639. The van der Waals surface area contributed by atoms with Crippen molar-refractivity contribution in [1.29, 1.82) is 0 Å². The van der Waals surface area contributed by atoms with E-state index in [9.17, 15) is 22.8 Å². The minimum absolute atomic E-state index is 0.0307. The molecule has 0 atom stereocenters. The summed E-state index contributed by atoms with van der Waals surface area (Å²) >= 11 is 5.84. The third-order valence-electron chi connectivity index (χ3n) is 5.69. The third-order valence-corrected chi connectivity index (χ3v) is 5.94. The van der Waals surface area contributed by atoms with E-state index in [2.05, 4.69) is 0 Å². The number of rotatable bonds is 7. The quantitative estimate of drug-likeness (QED) is 0.513. The van der Waals surface area contributed by atoms with Crippen molar-refractivity contribution in [3.05, 3.63) is 64.7 Å². The second-order valence-corrected chi connectivity index (χ2v) is 8.49. The van der Waals surface area contributed by atoms with E-state index in [0.717, 1.165) is 17.9 Å². The molecule has 0 unspecified atom stereocenters. The lowest BCUT2D eigenvalue weighted by atomic mass is 9.94. The van der Waals surface area contributed by atoms with Gasteiger partial charge >= 0.3 is 6.18 Å². The molecular weight excluding hydrogens is 457 g/mol. The Bertz CT molecular complexity index is 941. The first-order valence-corrected chi connectivity index (χ1v) is 11.1. The molecule has 1 fully saturated rings. The number of likely N-dealkylation sites (tertiary alicyclic amines) is 1. The number of ether oxygens (including phenoxy) is 1. The topological polar surface area (TPSA) is 49.9 Å². The summed E-state index contributed by atoms with van der Waals surface area (Å²) < 4.78 is 43.8. The van der Waals surface area contributed by atoms with E-state index in [1.807, 2.05) is 0 Å². The summed E-state index contributed by atoms with van der Waals surface area (Å²) in [7, 11) is 1.75. The van der Waals surface area contributed by atoms with E-state index >= 15 is 0 Å². The zero-order valence-corrected chi connectivity index (χ0v) is 19.0. The fourth-order valence-corrected chi connectivity index (χ4v) is 3.88. The summed E-state index contributed by atoms with van der Waals surface area (Å²) in [4.78, 5) is 28.6. The van der Waals surface area contributed by atoms with E-state index in [0.29, 0.717) is 50.5 Å². The second kappa shape index (κ2) is 10.9. The summed E-state index contributed by atoms with van der Waals surface area (Å²) in [6.07, 6.45) is -2.71. The largest absolute Gasteiger partial charge is 0.494 e. The summed E-state index contributed by atoms with van der Waals surface area (Å²) in [5.74, 6) is 0.257. The van der Waals surface area contributed by atoms with Gasteiger partial charge in [0.25, 0.3) is 5.91 Å². The number of benzene rings is 2. The number of hydrogen-bond donors (Lipinski definition) is 0. The molecule has 0 spiro atoms. The van der Waals surface area contributed by atoms with Gasteiger partial charge < -0.3 is 14.5 Å². The van der Waals surface area contributed by atoms with Crippen molar-refractivity contribution < 1.29 is 27.5 Å². The number of amides is 2. The van der Waals surface area contributed by atoms with Crippen LogP contribution in [0.15, 0.2) is 48.5 Å². The van der Waals surface area contributed by atoms with Gasteiger partial charge in [0.2, 0.25) is 5.91 Å². The predicted molar refractivity (Wildman–Crippen MR) is 119 cm³/mol. The first-order chi connectivity index (χ1) is 15.6. The van der Waals surface area contributed by atoms with Crippen molar-refractivity contribution in [2.75, 3.05) is 33.3 Å². The predicted octanol–water partition coefficient (Wildman–Crippen LogP) is 5.14. The molecule has 1 aliphatic rings. The van der Waals surface area contributed by atoms with E-state index < -0.39 is 11.7 Å². The molecule has 2 aromatic rings. The molecule has 0 bridgehead atoms. The zero-order chi connectivity index (χ0) is 24.0. The van der Waals surface area contributed by atoms with Gasteiger partial charge in [0.1, 0.15) is 5.75 Å². The molecule has 2 amide bonds. The van der Waals surface area contributed by atoms with E-state index in [-0.39, 0.29) is 23.3 Å². The van der Waals surface area contributed by atoms with Crippen LogP contribution in [0.4, 0.5) is 13.2 Å². The van der Waals surface area contributed by atoms with E-state index in [4.69, 9.17) is 16.3 Å². The maximum Gasteiger partial charge on any atom is 0.416 e. The third kappa shape index (κ3) is 6.87. The number of carbonyl (C=O) groups excluding carboxylic acids is 2. The summed E-state index contributed by atoms with van der Waals surface area (Å²) in [5.41, 5.74) is -0.574. The average molecular weight is 483 g/mol. The smallest absolute Gasteiger partial charge is 0.416 e. The van der Waals surface area contributed by atoms with Crippen molar-refractivity contribution in [3.63, 3.8) is 0 Å². The molecule has 3 rings (SSSR count). The molecule has 1 heterocycles. The highest BCUT2D eigenvalue weighted by atomic mass is 35.5. The van der Waals surface area contributed by atoms with Gasteiger partial charge in [-0.15, -0.1) is 0 Å². The highest BCUT2D eigenvalue weighted by Gasteiger charge is 2.32. The summed E-state index contributed by atoms with van der Waals surface area (Å²) in [6.45, 7) is 1.81. The highest BCUT2D eigenvalue weighted by molar-refractivity contribution is 6.30. The molecule has 0 N–H and O–H groups in total. The second-order valence-electron chi connectivity index (χ2n) is 8.06. The van der Waals surface area contributed by atoms with Gasteiger partial charge in [0.05, 0.1) is 12.2 Å². The van der Waals surface area contributed by atoms with Crippen LogP contribution >= 0.6 is 11.6 Å². The van der Waals surface area contributed by atoms with Gasteiger partial charge in [0, 0.05) is 43.2 Å². The first-order valence-electron chi connectivity index (χ1n) is 10.7. The van der Waals surface area contributed by atoms with Crippen molar-refractivity contribution >= 4 is 23.4 Å². The maximum absolute atomic E-state index is 12.7. The van der Waals surface area contributed by atoms with Crippen LogP contribution in [0, 0.1) is 5.92 Å². The molecule has 1 aliphatic heterocycles. The Balaban J connectivity index is 1.41. The Hall–Kier alpha value is -2.74. The van der Waals surface area contributed by atoms with Crippen LogP contribution in [0.3, 0.4) is 0 Å². The average Bonchev–Trinajstić information content (AvgIpc) is 2.81. The van der Waals surface area contributed by atoms with E-state index in [1.54, 1.807) is 41.1 Å². The van der Waals surface area contributed by atoms with Gasteiger partial charge in [-0.25, -0.2) is 0 Å². The Labute approximate surface area is 196 Å². The number of alkyl halides is 3. The van der Waals surface area contributed by atoms with Gasteiger partial charge in [-0.2, -0.15) is 13.2 Å². The molecule has 33 heavy (non-hydrogen) atoms. The lowest BCUT2D eigenvalue weighted by Gasteiger charge is -2.33. The molecule has 0 aromatic heterocycles. The van der Waals surface area contributed by atoms with Crippen molar-refractivity contribution in [2.45, 2.75) is 25.4 Å². The minimum Gasteiger partial charge on any atom is -0.494 e. The Morgan fingerprint density at radius 3 is 2.24 bits per heavy atom. The normalized spacial score (nSPS) is 14.8. The van der Waals surface area contributed by atoms with Crippen LogP contribution in [0.5, 0.6) is 5.75 Å². The van der Waals surface area contributed by atoms with Crippen LogP contribution in [-0.2, 0) is 11.0 Å². The van der Waals surface area contributed by atoms with Gasteiger partial charge in [-0.3, -0.25) is 9.59 Å². The SMILES string of the molecule is CN(CCCOc1ccc(Cl)cc1)C(=O)C1CCN(C(=O)c2ccc(C(F)(F)F)cc2)CC1. The molecule has 178 valence electrons. The van der Waals surface area contributed by atoms with Gasteiger partial charge in [-0.1, -0.05) is 11.6 Å². The number of nitrogens with zero attached hydrogens (tertiary/aromatic N) is 2. The molecule has 2 aromatic carbocycles. The Morgan fingerprint density at radius 2 is 1.67 bits per heavy atom. The molecule has 5 nitrogen and oxygen atoms in total. The van der Waals surface area contributed by atoms with Crippen molar-refractivity contribution in [2.24, 2.45) is 5.92 Å². The Morgan fingerprint density at radius 1 is 1.06 bits per heavy atom. The monoisotopic (exact) mass is 482 g/mol. The molecule has 0 aliphatic carbocycles. The lowest BCUT2D eigenvalue weighted by molar-refractivity contribution is -0.137. The number of hydrogen-bond acceptors (Lipinski definition) is 3. The summed E-state index contributed by atoms with van der Waals surface area (Å²) in [6, 6.07) is 11.3. The fourth-order valence-electron chi connectivity index (χ4n) is 3.76. The molecule has 0 saturated carbocycles. The molecule has 9 heteroatoms. The molecular formula is C24H26ClF3N2O3. The van der Waals surface area contributed by atoms with Gasteiger partial charge in [0.15, 0.2) is 0 Å². The van der Waals surface area contributed by atoms with E-state index in [1.165, 1.54) is 12.1 Å². The number of halogens is 4. The van der Waals surface area contributed by atoms with Crippen LogP contribution in [0.25, 0.3) is 0 Å². The maximum atomic E-state index is 12.7. The number of carbonyl (C=O) groups is 2. The van der Waals surface area contributed by atoms with Crippen molar-refractivity contribution in [1.82, 2.24) is 9.80 Å². The Kier molecular flexibility index (Phi) is 8.24. The van der Waals surface area contributed by atoms with Crippen LogP contribution < -0.4 is 4.74 Å². The first kappa shape index (κ1) is 24.9. The number of piperidine rings is 1. The lowest BCUT2D eigenvalue weighted by Crippen LogP contribution is -2.43. The molecule has 0 radical (unpaired) electrons. The molecule has 1 saturated heterocycles. The zero-order valence-electron chi connectivity index (χ0n) is 18.3. The highest BCUT2D eigenvalue weighted by Crippen LogP contribution is 2.29. The van der Waals surface area contributed by atoms with Crippen LogP contribution in [0.2, 0.25) is 5.02 Å². The van der Waals surface area contributed by atoms with Crippen LogP contribution in [0.1, 0.15) is 35.2 Å². The minimum atomic E-state index is -4.44. The standard InChI is InChI=1S/C24H26ClF3N2O3/c1-29(13-2-16-33-21-9-7-20(25)8-10-21)22(31)18-11-14-30(15-12-18)23(32)17-3-5-19(6-4-17)24(26,27)28/h3-10,18H,2,11-16H2,1H3. The van der Waals surface area contributed by atoms with Crippen molar-refractivity contribution in [3.8, 4) is 5.75 Å².